The van der Waals surface area contributed by atoms with E-state index in [1.165, 1.54) is 11.1 Å². The first-order valence-corrected chi connectivity index (χ1v) is 10.1. The second-order valence-electron chi connectivity index (χ2n) is 8.71. The Morgan fingerprint density at radius 1 is 0.857 bits per heavy atom. The summed E-state index contributed by atoms with van der Waals surface area (Å²) in [4.78, 5) is 18.1. The van der Waals surface area contributed by atoms with Crippen LogP contribution in [0.4, 0.5) is 0 Å². The number of likely N-dealkylation sites (tertiary alicyclic amines) is 1. The lowest BCUT2D eigenvalue weighted by Crippen LogP contribution is -2.47. The van der Waals surface area contributed by atoms with Gasteiger partial charge in [0, 0.05) is 30.9 Å². The number of aromatic nitrogens is 2. The van der Waals surface area contributed by atoms with Crippen molar-refractivity contribution in [1.82, 2.24) is 14.5 Å². The fraction of sp³-hybridized carbons (Fsp3) is 0.375. The Bertz CT molecular complexity index is 969. The average Bonchev–Trinajstić information content (AvgIpc) is 3.10. The zero-order valence-corrected chi connectivity index (χ0v) is 17.0. The topological polar surface area (TPSA) is 41.0 Å². The van der Waals surface area contributed by atoms with Crippen LogP contribution < -0.4 is 5.69 Å². The van der Waals surface area contributed by atoms with Crippen molar-refractivity contribution in [2.24, 2.45) is 0 Å². The second-order valence-corrected chi connectivity index (χ2v) is 8.71. The van der Waals surface area contributed by atoms with E-state index in [4.69, 9.17) is 0 Å². The molecular formula is C24H29N3O. The summed E-state index contributed by atoms with van der Waals surface area (Å²) in [6.07, 6.45) is 4.03. The van der Waals surface area contributed by atoms with E-state index in [1.807, 2.05) is 29.0 Å². The molecule has 28 heavy (non-hydrogen) atoms. The van der Waals surface area contributed by atoms with E-state index in [2.05, 4.69) is 67.1 Å². The third-order valence-corrected chi connectivity index (χ3v) is 5.85. The Morgan fingerprint density at radius 3 is 2.04 bits per heavy atom. The number of H-pyrrole nitrogens is 1. The van der Waals surface area contributed by atoms with Crippen LogP contribution in [0.2, 0.25) is 0 Å². The summed E-state index contributed by atoms with van der Waals surface area (Å²) in [6, 6.07) is 19.0. The number of nitrogens with one attached hydrogen (secondary N) is 1. The van der Waals surface area contributed by atoms with Crippen molar-refractivity contribution in [2.75, 3.05) is 13.1 Å². The van der Waals surface area contributed by atoms with Crippen molar-refractivity contribution in [3.63, 3.8) is 0 Å². The van der Waals surface area contributed by atoms with Crippen LogP contribution >= 0.6 is 0 Å². The molecule has 0 radical (unpaired) electrons. The lowest BCUT2D eigenvalue weighted by molar-refractivity contribution is 0.0891. The molecule has 1 saturated heterocycles. The van der Waals surface area contributed by atoms with E-state index in [-0.39, 0.29) is 17.3 Å². The van der Waals surface area contributed by atoms with Gasteiger partial charge in [0.1, 0.15) is 0 Å². The Morgan fingerprint density at radius 2 is 1.43 bits per heavy atom. The zero-order chi connectivity index (χ0) is 19.7. The Labute approximate surface area is 166 Å². The maximum Gasteiger partial charge on any atom is 0.326 e. The SMILES string of the molecule is CC(C)(C)N1CCC(n2cc(-c3ccc(-c4ccccc4)cc3)[nH]c2=O)CC1. The molecule has 4 rings (SSSR count). The van der Waals surface area contributed by atoms with Gasteiger partial charge in [-0.3, -0.25) is 9.47 Å². The van der Waals surface area contributed by atoms with E-state index in [0.717, 1.165) is 37.2 Å². The Balaban J connectivity index is 1.51. The molecule has 1 aromatic heterocycles. The van der Waals surface area contributed by atoms with Gasteiger partial charge in [-0.25, -0.2) is 4.79 Å². The first-order chi connectivity index (χ1) is 13.4. The summed E-state index contributed by atoms with van der Waals surface area (Å²) in [5.74, 6) is 0. The van der Waals surface area contributed by atoms with Crippen molar-refractivity contribution < 1.29 is 0 Å². The van der Waals surface area contributed by atoms with Crippen molar-refractivity contribution in [3.05, 3.63) is 71.3 Å². The van der Waals surface area contributed by atoms with E-state index >= 15 is 0 Å². The highest BCUT2D eigenvalue weighted by atomic mass is 16.1. The van der Waals surface area contributed by atoms with Gasteiger partial charge in [0.05, 0.1) is 5.69 Å². The predicted molar refractivity (Wildman–Crippen MR) is 116 cm³/mol. The van der Waals surface area contributed by atoms with Gasteiger partial charge in [0.2, 0.25) is 0 Å². The fourth-order valence-electron chi connectivity index (χ4n) is 4.12. The molecule has 4 heteroatoms. The zero-order valence-electron chi connectivity index (χ0n) is 17.0. The van der Waals surface area contributed by atoms with E-state index in [1.54, 1.807) is 0 Å². The van der Waals surface area contributed by atoms with Gasteiger partial charge in [-0.2, -0.15) is 0 Å². The monoisotopic (exact) mass is 375 g/mol. The number of hydrogen-bond donors (Lipinski definition) is 1. The molecule has 0 saturated carbocycles. The number of hydrogen-bond acceptors (Lipinski definition) is 2. The lowest BCUT2D eigenvalue weighted by Gasteiger charge is -2.40. The quantitative estimate of drug-likeness (QED) is 0.704. The van der Waals surface area contributed by atoms with Crippen LogP contribution in [0.3, 0.4) is 0 Å². The molecular weight excluding hydrogens is 346 g/mol. The van der Waals surface area contributed by atoms with Gasteiger partial charge in [0.15, 0.2) is 0 Å². The van der Waals surface area contributed by atoms with Crippen molar-refractivity contribution in [3.8, 4) is 22.4 Å². The predicted octanol–water partition coefficient (Wildman–Crippen LogP) is 4.95. The van der Waals surface area contributed by atoms with Gasteiger partial charge < -0.3 is 4.98 Å². The molecule has 1 N–H and O–H groups in total. The van der Waals surface area contributed by atoms with E-state index in [0.29, 0.717) is 0 Å². The standard InChI is InChI=1S/C24H29N3O/c1-24(2,3)26-15-13-21(14-16-26)27-17-22(25-23(27)28)20-11-9-19(10-12-20)18-7-5-4-6-8-18/h4-12,17,21H,13-16H2,1-3H3,(H,25,28). The van der Waals surface area contributed by atoms with E-state index < -0.39 is 0 Å². The normalized spacial score (nSPS) is 16.4. The molecule has 0 spiro atoms. The van der Waals surface area contributed by atoms with Crippen LogP contribution in [-0.2, 0) is 0 Å². The molecule has 146 valence electrons. The molecule has 1 fully saturated rings. The summed E-state index contributed by atoms with van der Waals surface area (Å²) < 4.78 is 1.90. The molecule has 0 unspecified atom stereocenters. The number of benzene rings is 2. The number of nitrogens with zero attached hydrogens (tertiary/aromatic N) is 2. The summed E-state index contributed by atoms with van der Waals surface area (Å²) in [5, 5.41) is 0. The number of piperidine rings is 1. The second kappa shape index (κ2) is 7.44. The first-order valence-electron chi connectivity index (χ1n) is 10.1. The van der Waals surface area contributed by atoms with Crippen LogP contribution in [0.15, 0.2) is 65.6 Å². The highest BCUT2D eigenvalue weighted by molar-refractivity contribution is 5.68. The Hall–Kier alpha value is -2.59. The van der Waals surface area contributed by atoms with Gasteiger partial charge in [-0.15, -0.1) is 0 Å². The molecule has 0 atom stereocenters. The van der Waals surface area contributed by atoms with E-state index in [9.17, 15) is 4.79 Å². The highest BCUT2D eigenvalue weighted by Crippen LogP contribution is 2.28. The smallest absolute Gasteiger partial charge is 0.306 e. The number of imidazole rings is 1. The molecule has 0 amide bonds. The first kappa shape index (κ1) is 18.8. The minimum Gasteiger partial charge on any atom is -0.306 e. The largest absolute Gasteiger partial charge is 0.326 e. The summed E-state index contributed by atoms with van der Waals surface area (Å²) >= 11 is 0. The van der Waals surface area contributed by atoms with Crippen molar-refractivity contribution in [2.45, 2.75) is 45.2 Å². The van der Waals surface area contributed by atoms with Gasteiger partial charge >= 0.3 is 5.69 Å². The fourth-order valence-corrected chi connectivity index (χ4v) is 4.12. The molecule has 2 heterocycles. The highest BCUT2D eigenvalue weighted by Gasteiger charge is 2.28. The summed E-state index contributed by atoms with van der Waals surface area (Å²) in [5.41, 5.74) is 4.51. The van der Waals surface area contributed by atoms with Crippen LogP contribution in [0, 0.1) is 0 Å². The Kier molecular flexibility index (Phi) is 4.98. The van der Waals surface area contributed by atoms with Crippen molar-refractivity contribution in [1.29, 1.82) is 0 Å². The molecule has 4 nitrogen and oxygen atoms in total. The molecule has 0 aliphatic carbocycles. The van der Waals surface area contributed by atoms with Crippen LogP contribution in [-0.4, -0.2) is 33.1 Å². The van der Waals surface area contributed by atoms with Crippen molar-refractivity contribution >= 4 is 0 Å². The van der Waals surface area contributed by atoms with Crippen LogP contribution in [0.5, 0.6) is 0 Å². The maximum absolute atomic E-state index is 12.6. The minimum atomic E-state index is -0.00338. The van der Waals surface area contributed by atoms with Crippen LogP contribution in [0.1, 0.15) is 39.7 Å². The summed E-state index contributed by atoms with van der Waals surface area (Å²) in [6.45, 7) is 8.84. The van der Waals surface area contributed by atoms with Crippen LogP contribution in [0.25, 0.3) is 22.4 Å². The maximum atomic E-state index is 12.6. The number of aromatic amines is 1. The lowest BCUT2D eigenvalue weighted by atomic mass is 9.98. The molecule has 1 aliphatic heterocycles. The minimum absolute atomic E-state index is 0.00338. The van der Waals surface area contributed by atoms with Gasteiger partial charge in [-0.05, 0) is 50.3 Å². The van der Waals surface area contributed by atoms with Gasteiger partial charge in [0.25, 0.3) is 0 Å². The third kappa shape index (κ3) is 3.83. The summed E-state index contributed by atoms with van der Waals surface area (Å²) in [7, 11) is 0. The third-order valence-electron chi connectivity index (χ3n) is 5.85. The molecule has 0 bridgehead atoms. The number of rotatable bonds is 3. The molecule has 1 aliphatic rings. The molecule has 3 aromatic rings. The average molecular weight is 376 g/mol. The molecule has 2 aromatic carbocycles. The van der Waals surface area contributed by atoms with Gasteiger partial charge in [-0.1, -0.05) is 54.6 Å².